The molecule has 0 amide bonds. The van der Waals surface area contributed by atoms with Crippen LogP contribution in [0.4, 0.5) is 0 Å². The van der Waals surface area contributed by atoms with Crippen LogP contribution in [0.1, 0.15) is 41.5 Å². The van der Waals surface area contributed by atoms with Crippen molar-refractivity contribution in [1.82, 2.24) is 0 Å². The van der Waals surface area contributed by atoms with Crippen molar-refractivity contribution >= 4 is 9.84 Å². The second kappa shape index (κ2) is 5.57. The average molecular weight is 348 g/mol. The Kier molecular flexibility index (Phi) is 4.39. The molecule has 0 saturated heterocycles. The molecule has 0 saturated carbocycles. The number of benzene rings is 1. The lowest BCUT2D eigenvalue weighted by atomic mass is 9.56. The predicted octanol–water partition coefficient (Wildman–Crippen LogP) is 4.32. The predicted molar refractivity (Wildman–Crippen MR) is 100 cm³/mol. The molecule has 0 radical (unpaired) electrons. The van der Waals surface area contributed by atoms with E-state index in [0.29, 0.717) is 9.80 Å². The van der Waals surface area contributed by atoms with Crippen molar-refractivity contribution in [2.45, 2.75) is 52.0 Å². The standard InChI is InChI=1S/C20H29NO2S/c1-14-19(5,6)17(18(2,3)4)16(13-20(14,7)21)24(22,23)15-11-9-8-10-12-15/h8-13,17H,1,21H2,2-7H3. The van der Waals surface area contributed by atoms with E-state index in [2.05, 4.69) is 27.4 Å². The van der Waals surface area contributed by atoms with Crippen LogP contribution >= 0.6 is 0 Å². The van der Waals surface area contributed by atoms with Crippen molar-refractivity contribution in [3.63, 3.8) is 0 Å². The molecule has 0 bridgehead atoms. The van der Waals surface area contributed by atoms with Gasteiger partial charge in [0.1, 0.15) is 0 Å². The number of rotatable bonds is 2. The molecule has 1 aliphatic rings. The Morgan fingerprint density at radius 3 is 2.04 bits per heavy atom. The van der Waals surface area contributed by atoms with Gasteiger partial charge in [0.15, 0.2) is 0 Å². The summed E-state index contributed by atoms with van der Waals surface area (Å²) in [7, 11) is -3.62. The van der Waals surface area contributed by atoms with Crippen LogP contribution in [0, 0.1) is 16.7 Å². The van der Waals surface area contributed by atoms with Crippen molar-refractivity contribution in [1.29, 1.82) is 0 Å². The molecule has 3 nitrogen and oxygen atoms in total. The van der Waals surface area contributed by atoms with E-state index in [0.717, 1.165) is 5.57 Å². The first-order valence-electron chi connectivity index (χ1n) is 8.24. The van der Waals surface area contributed by atoms with Crippen molar-refractivity contribution < 1.29 is 8.42 Å². The first-order chi connectivity index (χ1) is 10.7. The Labute approximate surface area is 146 Å². The Morgan fingerprint density at radius 1 is 1.08 bits per heavy atom. The zero-order valence-electron chi connectivity index (χ0n) is 15.6. The maximum atomic E-state index is 13.4. The largest absolute Gasteiger partial charge is 0.319 e. The summed E-state index contributed by atoms with van der Waals surface area (Å²) < 4.78 is 26.7. The molecule has 1 aromatic carbocycles. The summed E-state index contributed by atoms with van der Waals surface area (Å²) in [6.45, 7) is 16.3. The molecule has 0 aromatic heterocycles. The van der Waals surface area contributed by atoms with Gasteiger partial charge in [-0.15, -0.1) is 0 Å². The summed E-state index contributed by atoms with van der Waals surface area (Å²) in [6.07, 6.45) is 1.71. The van der Waals surface area contributed by atoms with Gasteiger partial charge < -0.3 is 5.73 Å². The topological polar surface area (TPSA) is 60.2 Å². The second-order valence-corrected chi connectivity index (χ2v) is 10.6. The van der Waals surface area contributed by atoms with E-state index in [1.807, 2.05) is 26.8 Å². The third-order valence-corrected chi connectivity index (χ3v) is 6.97. The molecule has 1 aliphatic carbocycles. The zero-order chi connectivity index (χ0) is 18.6. The molecule has 0 spiro atoms. The van der Waals surface area contributed by atoms with Gasteiger partial charge in [-0.05, 0) is 41.5 Å². The average Bonchev–Trinajstić information content (AvgIpc) is 2.43. The number of allylic oxidation sites excluding steroid dienone is 1. The van der Waals surface area contributed by atoms with Gasteiger partial charge in [0.2, 0.25) is 9.84 Å². The van der Waals surface area contributed by atoms with Crippen LogP contribution in [-0.2, 0) is 9.84 Å². The summed E-state index contributed by atoms with van der Waals surface area (Å²) in [5.41, 5.74) is 5.74. The maximum Gasteiger partial charge on any atom is 0.202 e. The molecule has 2 N–H and O–H groups in total. The molecule has 0 heterocycles. The van der Waals surface area contributed by atoms with Gasteiger partial charge in [-0.25, -0.2) is 8.42 Å². The van der Waals surface area contributed by atoms with E-state index in [4.69, 9.17) is 5.73 Å². The summed E-state index contributed by atoms with van der Waals surface area (Å²) >= 11 is 0. The SMILES string of the molecule is C=C1C(C)(N)C=C(S(=O)(=O)c2ccccc2)C(C(C)(C)C)C1(C)C. The highest BCUT2D eigenvalue weighted by atomic mass is 32.2. The Morgan fingerprint density at radius 2 is 1.58 bits per heavy atom. The molecule has 132 valence electrons. The second-order valence-electron chi connectivity index (χ2n) is 8.65. The van der Waals surface area contributed by atoms with E-state index in [9.17, 15) is 8.42 Å². The van der Waals surface area contributed by atoms with E-state index >= 15 is 0 Å². The van der Waals surface area contributed by atoms with Gasteiger partial charge in [0, 0.05) is 5.92 Å². The quantitative estimate of drug-likeness (QED) is 0.811. The van der Waals surface area contributed by atoms with Crippen LogP contribution in [0.15, 0.2) is 58.4 Å². The lowest BCUT2D eigenvalue weighted by Gasteiger charge is -2.52. The smallest absolute Gasteiger partial charge is 0.202 e. The van der Waals surface area contributed by atoms with Crippen molar-refractivity contribution in [2.75, 3.05) is 0 Å². The van der Waals surface area contributed by atoms with Crippen LogP contribution in [0.5, 0.6) is 0 Å². The highest BCUT2D eigenvalue weighted by molar-refractivity contribution is 7.95. The van der Waals surface area contributed by atoms with Crippen molar-refractivity contribution in [3.8, 4) is 0 Å². The van der Waals surface area contributed by atoms with Gasteiger partial charge in [0.05, 0.1) is 15.3 Å². The Balaban J connectivity index is 2.80. The van der Waals surface area contributed by atoms with Gasteiger partial charge in [-0.3, -0.25) is 0 Å². The summed E-state index contributed by atoms with van der Waals surface area (Å²) in [5, 5.41) is 0. The van der Waals surface area contributed by atoms with Gasteiger partial charge >= 0.3 is 0 Å². The van der Waals surface area contributed by atoms with Crippen LogP contribution in [0.25, 0.3) is 0 Å². The fraction of sp³-hybridized carbons (Fsp3) is 0.500. The molecular weight excluding hydrogens is 318 g/mol. The molecule has 0 fully saturated rings. The van der Waals surface area contributed by atoms with Crippen LogP contribution < -0.4 is 5.73 Å². The molecule has 4 heteroatoms. The van der Waals surface area contributed by atoms with Crippen molar-refractivity contribution in [2.24, 2.45) is 22.5 Å². The molecule has 2 atom stereocenters. The molecule has 0 aliphatic heterocycles. The number of nitrogens with two attached hydrogens (primary N) is 1. The Hall–Kier alpha value is -1.39. The lowest BCUT2D eigenvalue weighted by molar-refractivity contribution is 0.139. The molecule has 2 unspecified atom stereocenters. The van der Waals surface area contributed by atoms with Crippen molar-refractivity contribution in [3.05, 3.63) is 53.5 Å². The summed E-state index contributed by atoms with van der Waals surface area (Å²) in [5.74, 6) is -0.209. The highest BCUT2D eigenvalue weighted by Crippen LogP contribution is 2.55. The molecule has 2 rings (SSSR count). The third-order valence-electron chi connectivity index (χ3n) is 5.11. The first-order valence-corrected chi connectivity index (χ1v) is 9.72. The minimum absolute atomic E-state index is 0.209. The van der Waals surface area contributed by atoms with Crippen LogP contribution in [-0.4, -0.2) is 14.0 Å². The van der Waals surface area contributed by atoms with E-state index in [1.54, 1.807) is 30.3 Å². The fourth-order valence-electron chi connectivity index (χ4n) is 4.17. The van der Waals surface area contributed by atoms with Gasteiger partial charge in [0.25, 0.3) is 0 Å². The number of hydrogen-bond acceptors (Lipinski definition) is 3. The molecular formula is C20H29NO2S. The van der Waals surface area contributed by atoms with Crippen LogP contribution in [0.2, 0.25) is 0 Å². The van der Waals surface area contributed by atoms with Crippen LogP contribution in [0.3, 0.4) is 0 Å². The van der Waals surface area contributed by atoms with Gasteiger partial charge in [-0.1, -0.05) is 59.4 Å². The van der Waals surface area contributed by atoms with E-state index < -0.39 is 20.8 Å². The lowest BCUT2D eigenvalue weighted by Crippen LogP contribution is -2.52. The minimum atomic E-state index is -3.62. The van der Waals surface area contributed by atoms with E-state index in [1.165, 1.54) is 0 Å². The molecule has 1 aromatic rings. The van der Waals surface area contributed by atoms with Gasteiger partial charge in [-0.2, -0.15) is 0 Å². The highest BCUT2D eigenvalue weighted by Gasteiger charge is 2.52. The van der Waals surface area contributed by atoms with E-state index in [-0.39, 0.29) is 11.3 Å². The number of sulfone groups is 1. The fourth-order valence-corrected chi connectivity index (χ4v) is 6.31. The monoisotopic (exact) mass is 347 g/mol. The number of hydrogen-bond donors (Lipinski definition) is 1. The first kappa shape index (κ1) is 18.9. The summed E-state index contributed by atoms with van der Waals surface area (Å²) in [6, 6.07) is 8.58. The normalized spacial score (nSPS) is 27.7. The Bertz CT molecular complexity index is 779. The maximum absolute atomic E-state index is 13.4. The minimum Gasteiger partial charge on any atom is -0.319 e. The summed E-state index contributed by atoms with van der Waals surface area (Å²) in [4.78, 5) is 0.716. The third kappa shape index (κ3) is 2.98. The zero-order valence-corrected chi connectivity index (χ0v) is 16.4. The molecule has 24 heavy (non-hydrogen) atoms.